The van der Waals surface area contributed by atoms with E-state index in [1.165, 1.54) is 11.6 Å². The molecule has 0 heterocycles. The highest BCUT2D eigenvalue weighted by Gasteiger charge is 2.05. The van der Waals surface area contributed by atoms with Crippen LogP contribution >= 0.6 is 0 Å². The normalized spacial score (nSPS) is 11.8. The lowest BCUT2D eigenvalue weighted by Crippen LogP contribution is -1.92. The Morgan fingerprint density at radius 3 is 2.72 bits per heavy atom. The predicted molar refractivity (Wildman–Crippen MR) is 72.8 cm³/mol. The molecule has 18 heavy (non-hydrogen) atoms. The number of aryl methyl sites for hydroxylation is 1. The second-order valence-electron chi connectivity index (χ2n) is 3.94. The van der Waals surface area contributed by atoms with Gasteiger partial charge in [0, 0.05) is 11.6 Å². The molecule has 1 N–H and O–H groups in total. The number of methoxy groups -OCH3 is 1. The molecule has 3 nitrogen and oxygen atoms in total. The Morgan fingerprint density at radius 1 is 1.44 bits per heavy atom. The number of carbonyl (C=O) groups is 1. The van der Waals surface area contributed by atoms with Crippen LogP contribution < -0.4 is 4.74 Å². The summed E-state index contributed by atoms with van der Waals surface area (Å²) in [6.45, 7) is 4.03. The maximum Gasteiger partial charge on any atom is 0.328 e. The molecule has 1 aromatic rings. The number of hydrogen-bond donors (Lipinski definition) is 1. The number of aliphatic carboxylic acids is 1. The van der Waals surface area contributed by atoms with Crippen molar-refractivity contribution in [3.05, 3.63) is 47.6 Å². The molecule has 0 spiro atoms. The van der Waals surface area contributed by atoms with Gasteiger partial charge in [-0.1, -0.05) is 25.1 Å². The average molecular weight is 246 g/mol. The van der Waals surface area contributed by atoms with Crippen LogP contribution in [0.15, 0.2) is 36.4 Å². The van der Waals surface area contributed by atoms with Crippen LogP contribution in [0.1, 0.15) is 25.0 Å². The summed E-state index contributed by atoms with van der Waals surface area (Å²) in [7, 11) is 1.63. The van der Waals surface area contributed by atoms with E-state index in [0.29, 0.717) is 0 Å². The molecule has 0 bridgehead atoms. The number of rotatable bonds is 5. The Hall–Kier alpha value is -2.03. The maximum atomic E-state index is 10.4. The van der Waals surface area contributed by atoms with Crippen molar-refractivity contribution in [2.75, 3.05) is 7.11 Å². The molecule has 0 unspecified atom stereocenters. The summed E-state index contributed by atoms with van der Waals surface area (Å²) in [6, 6.07) is 6.04. The summed E-state index contributed by atoms with van der Waals surface area (Å²) in [4.78, 5) is 10.4. The lowest BCUT2D eigenvalue weighted by Gasteiger charge is -2.10. The van der Waals surface area contributed by atoms with Gasteiger partial charge in [0.2, 0.25) is 0 Å². The summed E-state index contributed by atoms with van der Waals surface area (Å²) < 4.78 is 5.31. The topological polar surface area (TPSA) is 46.5 Å². The molecule has 0 saturated heterocycles. The van der Waals surface area contributed by atoms with Crippen LogP contribution in [0.3, 0.4) is 0 Å². The lowest BCUT2D eigenvalue weighted by molar-refractivity contribution is -0.131. The summed E-state index contributed by atoms with van der Waals surface area (Å²) in [5, 5.41) is 8.54. The van der Waals surface area contributed by atoms with E-state index in [1.807, 2.05) is 19.1 Å². The molecule has 0 atom stereocenters. The highest BCUT2D eigenvalue weighted by atomic mass is 16.5. The number of carboxylic acids is 1. The molecule has 0 radical (unpaired) electrons. The fourth-order valence-electron chi connectivity index (χ4n) is 1.65. The third-order valence-corrected chi connectivity index (χ3v) is 2.68. The van der Waals surface area contributed by atoms with Gasteiger partial charge in [0.05, 0.1) is 7.11 Å². The van der Waals surface area contributed by atoms with E-state index in [4.69, 9.17) is 9.84 Å². The third kappa shape index (κ3) is 3.77. The number of ether oxygens (including phenoxy) is 1. The predicted octanol–water partition coefficient (Wildman–Crippen LogP) is 3.30. The monoisotopic (exact) mass is 246 g/mol. The smallest absolute Gasteiger partial charge is 0.328 e. The minimum absolute atomic E-state index is 0.796. The molecule has 0 saturated carbocycles. The number of carboxylic acid groups (broad SMARTS) is 1. The number of benzene rings is 1. The first-order chi connectivity index (χ1) is 8.58. The Kier molecular flexibility index (Phi) is 5.18. The van der Waals surface area contributed by atoms with Gasteiger partial charge in [-0.2, -0.15) is 0 Å². The first kappa shape index (κ1) is 14.0. The van der Waals surface area contributed by atoms with Crippen molar-refractivity contribution in [3.63, 3.8) is 0 Å². The lowest BCUT2D eigenvalue weighted by atomic mass is 10.0. The van der Waals surface area contributed by atoms with Crippen molar-refractivity contribution in [3.8, 4) is 5.75 Å². The van der Waals surface area contributed by atoms with Crippen molar-refractivity contribution in [1.82, 2.24) is 0 Å². The van der Waals surface area contributed by atoms with Gasteiger partial charge in [0.15, 0.2) is 0 Å². The molecule has 0 aliphatic carbocycles. The van der Waals surface area contributed by atoms with E-state index in [9.17, 15) is 4.79 Å². The van der Waals surface area contributed by atoms with Gasteiger partial charge in [-0.05, 0) is 36.6 Å². The molecular formula is C15H18O3. The van der Waals surface area contributed by atoms with Crippen LogP contribution in [0.5, 0.6) is 5.75 Å². The molecule has 0 amide bonds. The molecule has 0 fully saturated rings. The van der Waals surface area contributed by atoms with Crippen molar-refractivity contribution < 1.29 is 14.6 Å². The molecule has 96 valence electrons. The first-order valence-corrected chi connectivity index (χ1v) is 5.83. The SMILES string of the molecule is CCc1ccc(OC)c(/C(C)=C/C=C/C(=O)O)c1. The molecule has 3 heteroatoms. The van der Waals surface area contributed by atoms with Crippen LogP contribution in [-0.4, -0.2) is 18.2 Å². The molecule has 0 aliphatic heterocycles. The quantitative estimate of drug-likeness (QED) is 0.640. The fourth-order valence-corrected chi connectivity index (χ4v) is 1.65. The van der Waals surface area contributed by atoms with Crippen LogP contribution in [0.4, 0.5) is 0 Å². The van der Waals surface area contributed by atoms with Crippen molar-refractivity contribution in [2.45, 2.75) is 20.3 Å². The molecule has 1 rings (SSSR count). The fraction of sp³-hybridized carbons (Fsp3) is 0.267. The van der Waals surface area contributed by atoms with Gasteiger partial charge in [-0.15, -0.1) is 0 Å². The van der Waals surface area contributed by atoms with Crippen molar-refractivity contribution in [1.29, 1.82) is 0 Å². The molecular weight excluding hydrogens is 228 g/mol. The second-order valence-corrected chi connectivity index (χ2v) is 3.94. The zero-order valence-electron chi connectivity index (χ0n) is 10.9. The van der Waals surface area contributed by atoms with Gasteiger partial charge in [-0.3, -0.25) is 0 Å². The zero-order valence-corrected chi connectivity index (χ0v) is 10.9. The Labute approximate surface area is 107 Å². The zero-order chi connectivity index (χ0) is 13.5. The van der Waals surface area contributed by atoms with E-state index in [0.717, 1.165) is 29.4 Å². The Morgan fingerprint density at radius 2 is 2.17 bits per heavy atom. The van der Waals surface area contributed by atoms with Gasteiger partial charge < -0.3 is 9.84 Å². The van der Waals surface area contributed by atoms with E-state index >= 15 is 0 Å². The minimum atomic E-state index is -0.951. The summed E-state index contributed by atoms with van der Waals surface area (Å²) >= 11 is 0. The first-order valence-electron chi connectivity index (χ1n) is 5.83. The van der Waals surface area contributed by atoms with Crippen LogP contribution in [0.25, 0.3) is 5.57 Å². The Bertz CT molecular complexity index is 485. The van der Waals surface area contributed by atoms with Gasteiger partial charge in [0.1, 0.15) is 5.75 Å². The summed E-state index contributed by atoms with van der Waals surface area (Å²) in [5.41, 5.74) is 3.19. The van der Waals surface area contributed by atoms with Crippen molar-refractivity contribution >= 4 is 11.5 Å². The highest BCUT2D eigenvalue weighted by molar-refractivity contribution is 5.81. The van der Waals surface area contributed by atoms with Crippen LogP contribution in [0.2, 0.25) is 0 Å². The van der Waals surface area contributed by atoms with Gasteiger partial charge >= 0.3 is 5.97 Å². The van der Waals surface area contributed by atoms with Gasteiger partial charge in [-0.25, -0.2) is 4.79 Å². The van der Waals surface area contributed by atoms with E-state index in [1.54, 1.807) is 13.2 Å². The van der Waals surface area contributed by atoms with Crippen LogP contribution in [-0.2, 0) is 11.2 Å². The standard InChI is InChI=1S/C15H18O3/c1-4-12-8-9-14(18-3)13(10-12)11(2)6-5-7-15(16)17/h5-10H,4H2,1-3H3,(H,16,17)/b7-5+,11-6+. The molecule has 0 aliphatic rings. The summed E-state index contributed by atoms with van der Waals surface area (Å²) in [5.74, 6) is -0.155. The highest BCUT2D eigenvalue weighted by Crippen LogP contribution is 2.27. The van der Waals surface area contributed by atoms with Crippen LogP contribution in [0, 0.1) is 0 Å². The number of allylic oxidation sites excluding steroid dienone is 3. The summed E-state index contributed by atoms with van der Waals surface area (Å²) in [6.07, 6.45) is 5.36. The molecule has 1 aromatic carbocycles. The van der Waals surface area contributed by atoms with E-state index in [-0.39, 0.29) is 0 Å². The number of hydrogen-bond acceptors (Lipinski definition) is 2. The van der Waals surface area contributed by atoms with E-state index < -0.39 is 5.97 Å². The maximum absolute atomic E-state index is 10.4. The average Bonchev–Trinajstić information content (AvgIpc) is 2.37. The van der Waals surface area contributed by atoms with Crippen molar-refractivity contribution in [2.24, 2.45) is 0 Å². The minimum Gasteiger partial charge on any atom is -0.496 e. The second kappa shape index (κ2) is 6.64. The largest absolute Gasteiger partial charge is 0.496 e. The van der Waals surface area contributed by atoms with E-state index in [2.05, 4.69) is 13.0 Å². The Balaban J connectivity index is 3.09. The molecule has 0 aromatic heterocycles. The third-order valence-electron chi connectivity index (χ3n) is 2.68. The van der Waals surface area contributed by atoms with Gasteiger partial charge in [0.25, 0.3) is 0 Å².